The summed E-state index contributed by atoms with van der Waals surface area (Å²) in [5.74, 6) is 1.35. The normalized spacial score (nSPS) is 17.6. The Kier molecular flexibility index (Phi) is 4.93. The lowest BCUT2D eigenvalue weighted by atomic mass is 9.99. The maximum Gasteiger partial charge on any atom is 0.251 e. The first-order chi connectivity index (χ1) is 8.79. The van der Waals surface area contributed by atoms with Crippen molar-refractivity contribution in [2.75, 3.05) is 6.54 Å². The predicted molar refractivity (Wildman–Crippen MR) is 72.7 cm³/mol. The third kappa shape index (κ3) is 3.67. The molecule has 1 fully saturated rings. The summed E-state index contributed by atoms with van der Waals surface area (Å²) in [6.45, 7) is 3.63. The van der Waals surface area contributed by atoms with Crippen LogP contribution < -0.4 is 10.9 Å². The molecule has 1 aromatic rings. The van der Waals surface area contributed by atoms with Gasteiger partial charge in [-0.05, 0) is 19.4 Å². The van der Waals surface area contributed by atoms with E-state index in [1.165, 1.54) is 25.7 Å². The van der Waals surface area contributed by atoms with E-state index in [0.29, 0.717) is 12.5 Å². The van der Waals surface area contributed by atoms with Gasteiger partial charge in [0.25, 0.3) is 5.56 Å². The van der Waals surface area contributed by atoms with E-state index in [9.17, 15) is 4.79 Å². The molecule has 0 bridgehead atoms. The molecule has 100 valence electrons. The van der Waals surface area contributed by atoms with Crippen LogP contribution in [0.5, 0.6) is 0 Å². The summed E-state index contributed by atoms with van der Waals surface area (Å²) >= 11 is 0. The molecule has 18 heavy (non-hydrogen) atoms. The molecular weight excluding hydrogens is 226 g/mol. The van der Waals surface area contributed by atoms with Gasteiger partial charge >= 0.3 is 0 Å². The van der Waals surface area contributed by atoms with E-state index >= 15 is 0 Å². The van der Waals surface area contributed by atoms with E-state index in [2.05, 4.69) is 22.2 Å². The third-order valence-electron chi connectivity index (χ3n) is 3.61. The molecule has 0 saturated heterocycles. The molecule has 4 heteroatoms. The van der Waals surface area contributed by atoms with Gasteiger partial charge in [0, 0.05) is 18.5 Å². The van der Waals surface area contributed by atoms with Crippen molar-refractivity contribution in [3.8, 4) is 0 Å². The molecule has 1 aromatic heterocycles. The summed E-state index contributed by atoms with van der Waals surface area (Å²) in [4.78, 5) is 19.2. The fourth-order valence-electron chi connectivity index (χ4n) is 2.62. The van der Waals surface area contributed by atoms with Gasteiger partial charge in [-0.1, -0.05) is 32.6 Å². The van der Waals surface area contributed by atoms with E-state index in [4.69, 9.17) is 0 Å². The van der Waals surface area contributed by atoms with Gasteiger partial charge in [-0.2, -0.15) is 0 Å². The molecular formula is C14H23N3O. The van der Waals surface area contributed by atoms with Gasteiger partial charge in [0.2, 0.25) is 0 Å². The number of rotatable bonds is 4. The molecule has 0 aliphatic heterocycles. The zero-order valence-electron chi connectivity index (χ0n) is 11.2. The lowest BCUT2D eigenvalue weighted by Gasteiger charge is -2.13. The van der Waals surface area contributed by atoms with Crippen LogP contribution in [0.2, 0.25) is 0 Å². The zero-order valence-corrected chi connectivity index (χ0v) is 11.2. The monoisotopic (exact) mass is 249 g/mol. The highest BCUT2D eigenvalue weighted by Gasteiger charge is 2.17. The summed E-state index contributed by atoms with van der Waals surface area (Å²) in [6.07, 6.45) is 7.47. The maximum absolute atomic E-state index is 11.7. The predicted octanol–water partition coefficient (Wildman–Crippen LogP) is 2.32. The number of nitrogens with zero attached hydrogens (tertiary/aromatic N) is 1. The standard InChI is InChI=1S/C14H23N3O/c1-2-15-10-12-9-13(18)17-14(16-12)11-7-5-3-4-6-8-11/h9,11,15H,2-8,10H2,1H3,(H,16,17,18). The Labute approximate surface area is 108 Å². The molecule has 1 aliphatic rings. The Balaban J connectivity index is 2.15. The second kappa shape index (κ2) is 6.69. The first kappa shape index (κ1) is 13.3. The zero-order chi connectivity index (χ0) is 12.8. The minimum atomic E-state index is -0.0165. The number of aromatic nitrogens is 2. The van der Waals surface area contributed by atoms with Gasteiger partial charge in [0.05, 0.1) is 5.69 Å². The van der Waals surface area contributed by atoms with Gasteiger partial charge in [-0.3, -0.25) is 4.79 Å². The number of H-pyrrole nitrogens is 1. The van der Waals surface area contributed by atoms with Crippen molar-refractivity contribution in [1.29, 1.82) is 0 Å². The average Bonchev–Trinajstić information content (AvgIpc) is 2.64. The van der Waals surface area contributed by atoms with Crippen molar-refractivity contribution in [3.05, 3.63) is 27.9 Å². The first-order valence-electron chi connectivity index (χ1n) is 7.10. The van der Waals surface area contributed by atoms with E-state index in [-0.39, 0.29) is 5.56 Å². The van der Waals surface area contributed by atoms with Crippen LogP contribution in [-0.4, -0.2) is 16.5 Å². The Bertz CT molecular complexity index is 419. The molecule has 0 radical (unpaired) electrons. The summed E-state index contributed by atoms with van der Waals surface area (Å²) in [7, 11) is 0. The van der Waals surface area contributed by atoms with Gasteiger partial charge in [-0.15, -0.1) is 0 Å². The minimum absolute atomic E-state index is 0.0165. The smallest absolute Gasteiger partial charge is 0.251 e. The quantitative estimate of drug-likeness (QED) is 0.805. The lowest BCUT2D eigenvalue weighted by molar-refractivity contribution is 0.552. The van der Waals surface area contributed by atoms with Crippen LogP contribution in [0.3, 0.4) is 0 Å². The lowest BCUT2D eigenvalue weighted by Crippen LogP contribution is -2.20. The minimum Gasteiger partial charge on any atom is -0.311 e. The second-order valence-corrected chi connectivity index (χ2v) is 5.09. The van der Waals surface area contributed by atoms with Crippen molar-refractivity contribution < 1.29 is 0 Å². The molecule has 1 heterocycles. The average molecular weight is 249 g/mol. The van der Waals surface area contributed by atoms with Crippen LogP contribution in [-0.2, 0) is 6.54 Å². The second-order valence-electron chi connectivity index (χ2n) is 5.09. The van der Waals surface area contributed by atoms with Gasteiger partial charge < -0.3 is 10.3 Å². The Morgan fingerprint density at radius 3 is 2.72 bits per heavy atom. The molecule has 2 N–H and O–H groups in total. The number of hydrogen-bond acceptors (Lipinski definition) is 3. The van der Waals surface area contributed by atoms with Crippen molar-refractivity contribution in [1.82, 2.24) is 15.3 Å². The van der Waals surface area contributed by atoms with Crippen LogP contribution in [0, 0.1) is 0 Å². The van der Waals surface area contributed by atoms with Crippen molar-refractivity contribution in [2.45, 2.75) is 57.9 Å². The highest BCUT2D eigenvalue weighted by molar-refractivity contribution is 5.06. The molecule has 0 atom stereocenters. The largest absolute Gasteiger partial charge is 0.311 e. The molecule has 2 rings (SSSR count). The van der Waals surface area contributed by atoms with E-state index in [1.807, 2.05) is 0 Å². The Morgan fingerprint density at radius 2 is 2.06 bits per heavy atom. The molecule has 0 spiro atoms. The van der Waals surface area contributed by atoms with Crippen molar-refractivity contribution >= 4 is 0 Å². The topological polar surface area (TPSA) is 57.8 Å². The summed E-state index contributed by atoms with van der Waals surface area (Å²) < 4.78 is 0. The molecule has 4 nitrogen and oxygen atoms in total. The van der Waals surface area contributed by atoms with Gasteiger partial charge in [0.1, 0.15) is 5.82 Å². The summed E-state index contributed by atoms with van der Waals surface area (Å²) in [5.41, 5.74) is 0.844. The maximum atomic E-state index is 11.7. The Morgan fingerprint density at radius 1 is 1.33 bits per heavy atom. The summed E-state index contributed by atoms with van der Waals surface area (Å²) in [5, 5.41) is 3.22. The molecule has 0 unspecified atom stereocenters. The fraction of sp³-hybridized carbons (Fsp3) is 0.714. The fourth-order valence-corrected chi connectivity index (χ4v) is 2.62. The first-order valence-corrected chi connectivity index (χ1v) is 7.10. The number of nitrogens with one attached hydrogen (secondary N) is 2. The van der Waals surface area contributed by atoms with E-state index < -0.39 is 0 Å². The van der Waals surface area contributed by atoms with Gasteiger partial charge in [0.15, 0.2) is 0 Å². The van der Waals surface area contributed by atoms with E-state index in [1.54, 1.807) is 6.07 Å². The van der Waals surface area contributed by atoms with Crippen LogP contribution in [0.4, 0.5) is 0 Å². The molecule has 1 aliphatic carbocycles. The highest BCUT2D eigenvalue weighted by Crippen LogP contribution is 2.29. The third-order valence-corrected chi connectivity index (χ3v) is 3.61. The van der Waals surface area contributed by atoms with Crippen LogP contribution in [0.25, 0.3) is 0 Å². The number of hydrogen-bond donors (Lipinski definition) is 2. The van der Waals surface area contributed by atoms with E-state index in [0.717, 1.165) is 30.9 Å². The van der Waals surface area contributed by atoms with Crippen LogP contribution in [0.15, 0.2) is 10.9 Å². The summed E-state index contributed by atoms with van der Waals surface area (Å²) in [6, 6.07) is 1.60. The molecule has 0 amide bonds. The van der Waals surface area contributed by atoms with Gasteiger partial charge in [-0.25, -0.2) is 4.98 Å². The molecule has 1 saturated carbocycles. The van der Waals surface area contributed by atoms with Crippen molar-refractivity contribution in [3.63, 3.8) is 0 Å². The van der Waals surface area contributed by atoms with Crippen LogP contribution in [0.1, 0.15) is 62.9 Å². The van der Waals surface area contributed by atoms with Crippen LogP contribution >= 0.6 is 0 Å². The highest BCUT2D eigenvalue weighted by atomic mass is 16.1. The number of aromatic amines is 1. The Hall–Kier alpha value is -1.16. The van der Waals surface area contributed by atoms with Crippen molar-refractivity contribution in [2.24, 2.45) is 0 Å². The molecule has 0 aromatic carbocycles. The SMILES string of the molecule is CCNCc1cc(=O)[nH]c(C2CCCCCC2)n1.